The fourth-order valence-corrected chi connectivity index (χ4v) is 2.50. The molecular weight excluding hydrogens is 363 g/mol. The van der Waals surface area contributed by atoms with Crippen molar-refractivity contribution in [3.05, 3.63) is 35.4 Å². The van der Waals surface area contributed by atoms with Crippen molar-refractivity contribution in [2.75, 3.05) is 13.1 Å². The maximum Gasteiger partial charge on any atom is 0.186 e. The fraction of sp³-hybridized carbons (Fsp3) is 0.533. The van der Waals surface area contributed by atoms with Crippen LogP contribution in [-0.2, 0) is 13.1 Å². The first-order chi connectivity index (χ1) is 9.15. The summed E-state index contributed by atoms with van der Waals surface area (Å²) in [4.78, 5) is 6.64. The number of nitrogens with two attached hydrogens (primary N) is 2. The Balaban J connectivity index is 0.00000200. The second-order valence-corrected chi connectivity index (χ2v) is 5.47. The molecule has 0 aliphatic carbocycles. The lowest BCUT2D eigenvalue weighted by Crippen LogP contribution is -2.32. The lowest BCUT2D eigenvalue weighted by Gasteiger charge is -2.30. The number of rotatable bonds is 4. The number of hydrogen-bond donors (Lipinski definition) is 2. The van der Waals surface area contributed by atoms with Crippen LogP contribution in [0, 0.1) is 5.92 Å². The molecule has 1 heterocycles. The Morgan fingerprint density at radius 1 is 1.20 bits per heavy atom. The number of likely N-dealkylation sites (tertiary alicyclic amines) is 1. The Morgan fingerprint density at radius 3 is 2.40 bits per heavy atom. The average Bonchev–Trinajstić information content (AvgIpc) is 2.40. The third-order valence-electron chi connectivity index (χ3n) is 3.82. The molecule has 5 heteroatoms. The summed E-state index contributed by atoms with van der Waals surface area (Å²) in [6.07, 6.45) is 2.60. The van der Waals surface area contributed by atoms with Crippen LogP contribution >= 0.6 is 24.0 Å². The largest absolute Gasteiger partial charge is 0.370 e. The van der Waals surface area contributed by atoms with E-state index in [1.165, 1.54) is 37.1 Å². The quantitative estimate of drug-likeness (QED) is 0.473. The van der Waals surface area contributed by atoms with Gasteiger partial charge in [0.1, 0.15) is 0 Å². The van der Waals surface area contributed by atoms with Gasteiger partial charge in [0.15, 0.2) is 5.96 Å². The van der Waals surface area contributed by atoms with E-state index in [1.54, 1.807) is 0 Å². The molecule has 1 aromatic carbocycles. The maximum atomic E-state index is 5.41. The van der Waals surface area contributed by atoms with E-state index >= 15 is 0 Å². The maximum absolute atomic E-state index is 5.41. The topological polar surface area (TPSA) is 67.6 Å². The molecule has 1 aliphatic heterocycles. The van der Waals surface area contributed by atoms with Crippen molar-refractivity contribution in [2.24, 2.45) is 22.4 Å². The van der Waals surface area contributed by atoms with Gasteiger partial charge in [-0.15, -0.1) is 24.0 Å². The van der Waals surface area contributed by atoms with Crippen molar-refractivity contribution in [3.8, 4) is 0 Å². The van der Waals surface area contributed by atoms with Crippen molar-refractivity contribution >= 4 is 29.9 Å². The summed E-state index contributed by atoms with van der Waals surface area (Å²) >= 11 is 0. The Bertz CT molecular complexity index is 435. The van der Waals surface area contributed by atoms with E-state index in [-0.39, 0.29) is 29.9 Å². The van der Waals surface area contributed by atoms with Gasteiger partial charge in [0, 0.05) is 6.54 Å². The van der Waals surface area contributed by atoms with Crippen molar-refractivity contribution < 1.29 is 0 Å². The lowest BCUT2D eigenvalue weighted by molar-refractivity contribution is 0.185. The van der Waals surface area contributed by atoms with Crippen molar-refractivity contribution in [3.63, 3.8) is 0 Å². The number of nitrogens with zero attached hydrogens (tertiary/aromatic N) is 2. The van der Waals surface area contributed by atoms with Gasteiger partial charge in [-0.1, -0.05) is 31.2 Å². The van der Waals surface area contributed by atoms with Gasteiger partial charge in [0.25, 0.3) is 0 Å². The van der Waals surface area contributed by atoms with Gasteiger partial charge in [0.2, 0.25) is 0 Å². The summed E-state index contributed by atoms with van der Waals surface area (Å²) in [5.41, 5.74) is 13.4. The molecule has 0 aromatic heterocycles. The monoisotopic (exact) mass is 388 g/mol. The van der Waals surface area contributed by atoms with Crippen LogP contribution in [0.15, 0.2) is 29.3 Å². The number of hydrogen-bond acceptors (Lipinski definition) is 2. The molecule has 4 N–H and O–H groups in total. The number of piperidine rings is 1. The first kappa shape index (κ1) is 17.2. The SMILES string of the molecule is CC1CCN(Cc2ccccc2CN=C(N)N)CC1.I. The second kappa shape index (κ2) is 8.46. The highest BCUT2D eigenvalue weighted by Crippen LogP contribution is 2.19. The highest BCUT2D eigenvalue weighted by atomic mass is 127. The van der Waals surface area contributed by atoms with E-state index < -0.39 is 0 Å². The highest BCUT2D eigenvalue weighted by molar-refractivity contribution is 14.0. The molecule has 0 atom stereocenters. The van der Waals surface area contributed by atoms with Crippen LogP contribution in [0.5, 0.6) is 0 Å². The van der Waals surface area contributed by atoms with Crippen LogP contribution in [-0.4, -0.2) is 23.9 Å². The molecule has 2 rings (SSSR count). The molecule has 0 spiro atoms. The summed E-state index contributed by atoms with van der Waals surface area (Å²) in [5, 5.41) is 0. The van der Waals surface area contributed by atoms with E-state index in [0.717, 1.165) is 12.5 Å². The third-order valence-corrected chi connectivity index (χ3v) is 3.82. The van der Waals surface area contributed by atoms with E-state index in [0.29, 0.717) is 6.54 Å². The predicted octanol–water partition coefficient (Wildman–Crippen LogP) is 2.31. The molecule has 0 bridgehead atoms. The van der Waals surface area contributed by atoms with Gasteiger partial charge in [-0.25, -0.2) is 4.99 Å². The van der Waals surface area contributed by atoms with Gasteiger partial charge < -0.3 is 11.5 Å². The molecule has 1 saturated heterocycles. The van der Waals surface area contributed by atoms with Crippen LogP contribution in [0.3, 0.4) is 0 Å². The molecular formula is C15H25IN4. The summed E-state index contributed by atoms with van der Waals surface area (Å²) in [6, 6.07) is 8.41. The van der Waals surface area contributed by atoms with Gasteiger partial charge in [0.05, 0.1) is 6.54 Å². The van der Waals surface area contributed by atoms with E-state index in [4.69, 9.17) is 11.5 Å². The second-order valence-electron chi connectivity index (χ2n) is 5.47. The van der Waals surface area contributed by atoms with E-state index in [9.17, 15) is 0 Å². The minimum atomic E-state index is 0. The summed E-state index contributed by atoms with van der Waals surface area (Å²) < 4.78 is 0. The molecule has 1 aliphatic rings. The zero-order chi connectivity index (χ0) is 13.7. The summed E-state index contributed by atoms with van der Waals surface area (Å²) in [6.45, 7) is 6.30. The number of halogens is 1. The van der Waals surface area contributed by atoms with Gasteiger partial charge in [-0.2, -0.15) is 0 Å². The van der Waals surface area contributed by atoms with E-state index in [2.05, 4.69) is 35.0 Å². The summed E-state index contributed by atoms with van der Waals surface area (Å²) in [7, 11) is 0. The average molecular weight is 388 g/mol. The molecule has 0 radical (unpaired) electrons. The predicted molar refractivity (Wildman–Crippen MR) is 95.0 cm³/mol. The minimum Gasteiger partial charge on any atom is -0.370 e. The molecule has 1 aromatic rings. The normalized spacial score (nSPS) is 16.4. The van der Waals surface area contributed by atoms with Crippen LogP contribution < -0.4 is 11.5 Å². The van der Waals surface area contributed by atoms with Gasteiger partial charge >= 0.3 is 0 Å². The van der Waals surface area contributed by atoms with Crippen molar-refractivity contribution in [1.29, 1.82) is 0 Å². The first-order valence-electron chi connectivity index (χ1n) is 6.99. The molecule has 0 unspecified atom stereocenters. The lowest BCUT2D eigenvalue weighted by atomic mass is 9.98. The van der Waals surface area contributed by atoms with Gasteiger partial charge in [-0.05, 0) is 43.0 Å². The van der Waals surface area contributed by atoms with Crippen LogP contribution in [0.1, 0.15) is 30.9 Å². The number of aliphatic imine (C=N–C) groups is 1. The highest BCUT2D eigenvalue weighted by Gasteiger charge is 2.16. The molecule has 0 saturated carbocycles. The Hall–Kier alpha value is -0.820. The minimum absolute atomic E-state index is 0. The zero-order valence-corrected chi connectivity index (χ0v) is 14.4. The zero-order valence-electron chi connectivity index (χ0n) is 12.1. The molecule has 20 heavy (non-hydrogen) atoms. The van der Waals surface area contributed by atoms with Crippen LogP contribution in [0.2, 0.25) is 0 Å². The molecule has 4 nitrogen and oxygen atoms in total. The fourth-order valence-electron chi connectivity index (χ4n) is 2.50. The Morgan fingerprint density at radius 2 is 1.80 bits per heavy atom. The number of benzene rings is 1. The Labute approximate surface area is 138 Å². The smallest absolute Gasteiger partial charge is 0.186 e. The van der Waals surface area contributed by atoms with Gasteiger partial charge in [-0.3, -0.25) is 4.90 Å². The third kappa shape index (κ3) is 5.28. The molecule has 1 fully saturated rings. The summed E-state index contributed by atoms with van der Waals surface area (Å²) in [5.74, 6) is 1.02. The first-order valence-corrected chi connectivity index (χ1v) is 6.99. The van der Waals surface area contributed by atoms with Crippen molar-refractivity contribution in [1.82, 2.24) is 4.90 Å². The Kier molecular flexibility index (Phi) is 7.29. The number of guanidine groups is 1. The van der Waals surface area contributed by atoms with Crippen LogP contribution in [0.4, 0.5) is 0 Å². The molecule has 112 valence electrons. The van der Waals surface area contributed by atoms with Crippen LogP contribution in [0.25, 0.3) is 0 Å². The van der Waals surface area contributed by atoms with Crippen molar-refractivity contribution in [2.45, 2.75) is 32.9 Å². The standard InChI is InChI=1S/C15H24N4.HI/c1-12-6-8-19(9-7-12)11-14-5-3-2-4-13(14)10-18-15(16)17;/h2-5,12H,6-11H2,1H3,(H4,16,17,18);1H. The molecule has 0 amide bonds. The van der Waals surface area contributed by atoms with E-state index in [1.807, 2.05) is 6.07 Å².